The Bertz CT molecular complexity index is 647. The second kappa shape index (κ2) is 6.18. The van der Waals surface area contributed by atoms with E-state index in [0.29, 0.717) is 10.0 Å². The summed E-state index contributed by atoms with van der Waals surface area (Å²) in [6.45, 7) is 1.70. The van der Waals surface area contributed by atoms with Crippen molar-refractivity contribution in [3.05, 3.63) is 62.3 Å². The van der Waals surface area contributed by atoms with Gasteiger partial charge in [0.15, 0.2) is 0 Å². The van der Waals surface area contributed by atoms with Crippen molar-refractivity contribution in [2.45, 2.75) is 13.0 Å². The quantitative estimate of drug-likeness (QED) is 0.632. The number of anilines is 1. The van der Waals surface area contributed by atoms with E-state index in [1.807, 2.05) is 0 Å². The Morgan fingerprint density at radius 2 is 1.65 bits per heavy atom. The molecule has 0 fully saturated rings. The van der Waals surface area contributed by atoms with E-state index in [1.165, 1.54) is 12.1 Å². The van der Waals surface area contributed by atoms with Crippen molar-refractivity contribution in [1.82, 2.24) is 0 Å². The summed E-state index contributed by atoms with van der Waals surface area (Å²) in [7, 11) is 0. The summed E-state index contributed by atoms with van der Waals surface area (Å²) in [4.78, 5) is 0. The molecular weight excluding hydrogens is 399 g/mol. The van der Waals surface area contributed by atoms with Gasteiger partial charge < -0.3 is 5.32 Å². The third kappa shape index (κ3) is 3.35. The van der Waals surface area contributed by atoms with Gasteiger partial charge in [0.05, 0.1) is 16.2 Å². The second-order valence-corrected chi connectivity index (χ2v) is 6.05. The van der Waals surface area contributed by atoms with Gasteiger partial charge in [0.2, 0.25) is 0 Å². The van der Waals surface area contributed by atoms with Crippen molar-refractivity contribution in [2.75, 3.05) is 5.32 Å². The van der Waals surface area contributed by atoms with Crippen LogP contribution in [0.3, 0.4) is 0 Å². The summed E-state index contributed by atoms with van der Waals surface area (Å²) in [5.41, 5.74) is 0.501. The normalized spacial score (nSPS) is 12.3. The molecule has 0 radical (unpaired) electrons. The highest BCUT2D eigenvalue weighted by molar-refractivity contribution is 9.10. The molecule has 6 heteroatoms. The van der Waals surface area contributed by atoms with Gasteiger partial charge >= 0.3 is 0 Å². The molecule has 0 heterocycles. The number of benzene rings is 2. The van der Waals surface area contributed by atoms with Crippen LogP contribution in [0.5, 0.6) is 0 Å². The maximum atomic E-state index is 13.8. The average Bonchev–Trinajstić information content (AvgIpc) is 2.35. The molecule has 1 nitrogen and oxygen atoms in total. The number of nitrogens with one attached hydrogen (secondary N) is 1. The zero-order valence-corrected chi connectivity index (χ0v) is 13.5. The van der Waals surface area contributed by atoms with Gasteiger partial charge in [-0.25, -0.2) is 13.2 Å². The summed E-state index contributed by atoms with van der Waals surface area (Å²) in [5, 5.41) is 2.83. The molecule has 0 aliphatic heterocycles. The van der Waals surface area contributed by atoms with Gasteiger partial charge in [-0.1, -0.05) is 22.0 Å². The van der Waals surface area contributed by atoms with E-state index in [9.17, 15) is 13.2 Å². The van der Waals surface area contributed by atoms with Crippen molar-refractivity contribution < 1.29 is 13.2 Å². The lowest BCUT2D eigenvalue weighted by molar-refractivity contribution is 0.576. The summed E-state index contributed by atoms with van der Waals surface area (Å²) >= 11 is 6.16. The fraction of sp³-hybridized carbons (Fsp3) is 0.143. The molecule has 106 valence electrons. The Labute approximate surface area is 131 Å². The minimum atomic E-state index is -0.727. The predicted molar refractivity (Wildman–Crippen MR) is 80.2 cm³/mol. The van der Waals surface area contributed by atoms with Crippen molar-refractivity contribution in [3.8, 4) is 0 Å². The molecule has 0 aliphatic carbocycles. The molecule has 1 N–H and O–H groups in total. The van der Waals surface area contributed by atoms with E-state index in [2.05, 4.69) is 37.2 Å². The molecule has 0 saturated heterocycles. The summed E-state index contributed by atoms with van der Waals surface area (Å²) < 4.78 is 41.4. The summed E-state index contributed by atoms with van der Waals surface area (Å²) in [6.07, 6.45) is 0. The van der Waals surface area contributed by atoms with E-state index in [-0.39, 0.29) is 10.2 Å². The van der Waals surface area contributed by atoms with Gasteiger partial charge in [0.25, 0.3) is 0 Å². The Kier molecular flexibility index (Phi) is 4.75. The van der Waals surface area contributed by atoms with Crippen LogP contribution >= 0.6 is 31.9 Å². The topological polar surface area (TPSA) is 12.0 Å². The lowest BCUT2D eigenvalue weighted by Gasteiger charge is -2.17. The first kappa shape index (κ1) is 15.4. The van der Waals surface area contributed by atoms with E-state index < -0.39 is 23.5 Å². The highest BCUT2D eigenvalue weighted by Gasteiger charge is 2.14. The number of halogens is 5. The van der Waals surface area contributed by atoms with Gasteiger partial charge in [-0.05, 0) is 41.1 Å². The molecular formula is C14H10Br2F3N. The lowest BCUT2D eigenvalue weighted by Crippen LogP contribution is -2.10. The van der Waals surface area contributed by atoms with Crippen LogP contribution in [0.25, 0.3) is 0 Å². The Morgan fingerprint density at radius 1 is 0.950 bits per heavy atom. The van der Waals surface area contributed by atoms with Crippen LogP contribution in [-0.2, 0) is 0 Å². The number of hydrogen-bond acceptors (Lipinski definition) is 1. The maximum absolute atomic E-state index is 13.8. The third-order valence-electron chi connectivity index (χ3n) is 2.81. The fourth-order valence-electron chi connectivity index (χ4n) is 1.80. The molecule has 0 amide bonds. The smallest absolute Gasteiger partial charge is 0.149 e. The van der Waals surface area contributed by atoms with E-state index in [4.69, 9.17) is 0 Å². The largest absolute Gasteiger partial charge is 0.376 e. The SMILES string of the molecule is CC(Nc1cc(Br)c(F)cc1F)c1ccc(Br)cc1F. The van der Waals surface area contributed by atoms with Crippen LogP contribution in [-0.4, -0.2) is 0 Å². The van der Waals surface area contributed by atoms with Gasteiger partial charge in [-0.3, -0.25) is 0 Å². The van der Waals surface area contributed by atoms with E-state index in [1.54, 1.807) is 19.1 Å². The third-order valence-corrected chi connectivity index (χ3v) is 3.91. The number of rotatable bonds is 3. The van der Waals surface area contributed by atoms with Gasteiger partial charge in [-0.15, -0.1) is 0 Å². The Balaban J connectivity index is 2.27. The minimum Gasteiger partial charge on any atom is -0.376 e. The average molecular weight is 409 g/mol. The zero-order chi connectivity index (χ0) is 14.9. The zero-order valence-electron chi connectivity index (χ0n) is 10.4. The molecule has 1 unspecified atom stereocenters. The molecule has 0 aromatic heterocycles. The van der Waals surface area contributed by atoms with Gasteiger partial charge in [0.1, 0.15) is 17.5 Å². The summed E-state index contributed by atoms with van der Waals surface area (Å²) in [5.74, 6) is -1.81. The molecule has 0 aliphatic rings. The molecule has 1 atom stereocenters. The van der Waals surface area contributed by atoms with Crippen molar-refractivity contribution >= 4 is 37.5 Å². The second-order valence-electron chi connectivity index (χ2n) is 4.28. The van der Waals surface area contributed by atoms with Crippen LogP contribution in [0.4, 0.5) is 18.9 Å². The van der Waals surface area contributed by atoms with Crippen LogP contribution in [0.1, 0.15) is 18.5 Å². The standard InChI is InChI=1S/C14H10Br2F3N/c1-7(9-3-2-8(15)4-11(9)17)20-14-5-10(16)12(18)6-13(14)19/h2-7,20H,1H3. The monoisotopic (exact) mass is 407 g/mol. The maximum Gasteiger partial charge on any atom is 0.149 e. The predicted octanol–water partition coefficient (Wildman–Crippen LogP) is 5.80. The molecule has 2 rings (SSSR count). The van der Waals surface area contributed by atoms with Crippen LogP contribution < -0.4 is 5.32 Å². The van der Waals surface area contributed by atoms with E-state index >= 15 is 0 Å². The van der Waals surface area contributed by atoms with Crippen molar-refractivity contribution in [2.24, 2.45) is 0 Å². The molecule has 0 bridgehead atoms. The first-order valence-electron chi connectivity index (χ1n) is 5.74. The van der Waals surface area contributed by atoms with Crippen molar-refractivity contribution in [3.63, 3.8) is 0 Å². The molecule has 20 heavy (non-hydrogen) atoms. The molecule has 0 saturated carbocycles. The van der Waals surface area contributed by atoms with Crippen LogP contribution in [0, 0.1) is 17.5 Å². The Morgan fingerprint density at radius 3 is 2.30 bits per heavy atom. The van der Waals surface area contributed by atoms with Gasteiger partial charge in [-0.2, -0.15) is 0 Å². The first-order valence-corrected chi connectivity index (χ1v) is 7.33. The highest BCUT2D eigenvalue weighted by atomic mass is 79.9. The highest BCUT2D eigenvalue weighted by Crippen LogP contribution is 2.28. The van der Waals surface area contributed by atoms with Crippen molar-refractivity contribution in [1.29, 1.82) is 0 Å². The molecule has 0 spiro atoms. The van der Waals surface area contributed by atoms with Crippen LogP contribution in [0.2, 0.25) is 0 Å². The minimum absolute atomic E-state index is 0.105. The lowest BCUT2D eigenvalue weighted by atomic mass is 10.1. The molecule has 2 aromatic carbocycles. The Hall–Kier alpha value is -1.01. The summed E-state index contributed by atoms with van der Waals surface area (Å²) in [6, 6.07) is 6.25. The number of hydrogen-bond donors (Lipinski definition) is 1. The molecule has 2 aromatic rings. The van der Waals surface area contributed by atoms with Gasteiger partial charge in [0, 0.05) is 16.1 Å². The first-order chi connectivity index (χ1) is 9.38. The van der Waals surface area contributed by atoms with E-state index in [0.717, 1.165) is 6.07 Å². The van der Waals surface area contributed by atoms with Crippen LogP contribution in [0.15, 0.2) is 39.3 Å². The fourth-order valence-corrected chi connectivity index (χ4v) is 2.47.